The number of carbonyl (C=O) groups excluding carboxylic acids is 1. The molecule has 0 unspecified atom stereocenters. The van der Waals surface area contributed by atoms with Crippen LogP contribution in [0.25, 0.3) is 0 Å². The molecule has 0 N–H and O–H groups in total. The van der Waals surface area contributed by atoms with Crippen LogP contribution in [0.2, 0.25) is 0 Å². The van der Waals surface area contributed by atoms with Crippen molar-refractivity contribution < 1.29 is 4.79 Å². The minimum Gasteiger partial charge on any atom is -0.300 e. The van der Waals surface area contributed by atoms with Gasteiger partial charge in [0.25, 0.3) is 0 Å². The molecule has 2 heteroatoms. The van der Waals surface area contributed by atoms with Crippen molar-refractivity contribution in [1.82, 2.24) is 4.90 Å². The van der Waals surface area contributed by atoms with Crippen LogP contribution >= 0.6 is 0 Å². The van der Waals surface area contributed by atoms with Gasteiger partial charge in [-0.1, -0.05) is 0 Å². The monoisotopic (exact) mass is 183 g/mol. The number of rotatable bonds is 6. The number of ketones is 1. The normalized spacial score (nSPS) is 17.0. The number of nitrogens with zero attached hydrogens (tertiary/aromatic N) is 1. The highest BCUT2D eigenvalue weighted by Gasteiger charge is 2.25. The van der Waals surface area contributed by atoms with E-state index in [-0.39, 0.29) is 0 Å². The molecule has 0 heterocycles. The fraction of sp³-hybridized carbons (Fsp3) is 0.909. The minimum atomic E-state index is 0.307. The first-order chi connectivity index (χ1) is 6.09. The Kier molecular flexibility index (Phi) is 3.91. The molecule has 0 spiro atoms. The molecule has 0 aromatic heterocycles. The predicted molar refractivity (Wildman–Crippen MR) is 54.7 cm³/mol. The van der Waals surface area contributed by atoms with Gasteiger partial charge >= 0.3 is 0 Å². The molecule has 0 radical (unpaired) electrons. The van der Waals surface area contributed by atoms with Gasteiger partial charge in [0.2, 0.25) is 0 Å². The maximum absolute atomic E-state index is 10.8. The zero-order chi connectivity index (χ0) is 9.84. The first kappa shape index (κ1) is 10.7. The molecule has 0 aliphatic heterocycles. The van der Waals surface area contributed by atoms with E-state index >= 15 is 0 Å². The lowest BCUT2D eigenvalue weighted by molar-refractivity contribution is -0.117. The average Bonchev–Trinajstić information content (AvgIpc) is 2.80. The van der Waals surface area contributed by atoms with Gasteiger partial charge in [-0.25, -0.2) is 0 Å². The van der Waals surface area contributed by atoms with E-state index in [0.717, 1.165) is 12.5 Å². The second-order valence-corrected chi connectivity index (χ2v) is 4.48. The smallest absolute Gasteiger partial charge is 0.131 e. The minimum absolute atomic E-state index is 0.307. The van der Waals surface area contributed by atoms with Crippen LogP contribution in [-0.2, 0) is 4.79 Å². The SMILES string of the molecule is CC(=O)CCN(CC1CC1)C(C)C. The highest BCUT2D eigenvalue weighted by molar-refractivity contribution is 5.75. The van der Waals surface area contributed by atoms with Gasteiger partial charge in [0, 0.05) is 25.6 Å². The number of carbonyl (C=O) groups is 1. The quantitative estimate of drug-likeness (QED) is 0.628. The average molecular weight is 183 g/mol. The lowest BCUT2D eigenvalue weighted by atomic mass is 10.2. The summed E-state index contributed by atoms with van der Waals surface area (Å²) in [6.07, 6.45) is 3.50. The highest BCUT2D eigenvalue weighted by atomic mass is 16.1. The lowest BCUT2D eigenvalue weighted by Crippen LogP contribution is -2.34. The van der Waals surface area contributed by atoms with E-state index < -0.39 is 0 Å². The molecule has 0 amide bonds. The fourth-order valence-corrected chi connectivity index (χ4v) is 1.49. The molecule has 1 aliphatic rings. The number of Topliss-reactive ketones (excluding diaryl/α,β-unsaturated/α-hetero) is 1. The van der Waals surface area contributed by atoms with Crippen molar-refractivity contribution >= 4 is 5.78 Å². The number of hydrogen-bond donors (Lipinski definition) is 0. The van der Waals surface area contributed by atoms with E-state index in [1.807, 2.05) is 0 Å². The maximum atomic E-state index is 10.8. The fourth-order valence-electron chi connectivity index (χ4n) is 1.49. The molecule has 1 rings (SSSR count). The van der Waals surface area contributed by atoms with E-state index in [1.54, 1.807) is 6.92 Å². The van der Waals surface area contributed by atoms with Crippen LogP contribution in [0.3, 0.4) is 0 Å². The summed E-state index contributed by atoms with van der Waals surface area (Å²) in [6, 6.07) is 0.583. The van der Waals surface area contributed by atoms with Crippen molar-refractivity contribution in [3.05, 3.63) is 0 Å². The Balaban J connectivity index is 2.23. The second kappa shape index (κ2) is 4.75. The van der Waals surface area contributed by atoms with Crippen LogP contribution in [-0.4, -0.2) is 29.8 Å². The highest BCUT2D eigenvalue weighted by Crippen LogP contribution is 2.30. The topological polar surface area (TPSA) is 20.3 Å². The van der Waals surface area contributed by atoms with Gasteiger partial charge < -0.3 is 4.90 Å². The van der Waals surface area contributed by atoms with Gasteiger partial charge in [0.1, 0.15) is 5.78 Å². The maximum Gasteiger partial charge on any atom is 0.131 e. The third kappa shape index (κ3) is 4.41. The molecule has 76 valence electrons. The Morgan fingerprint density at radius 2 is 2.08 bits per heavy atom. The molecule has 1 aliphatic carbocycles. The second-order valence-electron chi connectivity index (χ2n) is 4.48. The Hall–Kier alpha value is -0.370. The first-order valence-electron chi connectivity index (χ1n) is 5.33. The summed E-state index contributed by atoms with van der Waals surface area (Å²) < 4.78 is 0. The van der Waals surface area contributed by atoms with Crippen LogP contribution in [0.15, 0.2) is 0 Å². The van der Waals surface area contributed by atoms with Crippen molar-refractivity contribution in [2.75, 3.05) is 13.1 Å². The van der Waals surface area contributed by atoms with Gasteiger partial charge in [0.15, 0.2) is 0 Å². The van der Waals surface area contributed by atoms with Gasteiger partial charge in [-0.05, 0) is 39.5 Å². The number of hydrogen-bond acceptors (Lipinski definition) is 2. The van der Waals surface area contributed by atoms with E-state index in [1.165, 1.54) is 19.4 Å². The summed E-state index contributed by atoms with van der Waals surface area (Å²) in [6.45, 7) is 8.25. The van der Waals surface area contributed by atoms with Gasteiger partial charge in [-0.15, -0.1) is 0 Å². The summed E-state index contributed by atoms with van der Waals surface area (Å²) in [7, 11) is 0. The van der Waals surface area contributed by atoms with Crippen LogP contribution in [0.4, 0.5) is 0 Å². The standard InChI is InChI=1S/C11H21NO/c1-9(2)12(7-6-10(3)13)8-11-4-5-11/h9,11H,4-8H2,1-3H3. The summed E-state index contributed by atoms with van der Waals surface area (Å²) >= 11 is 0. The Bertz CT molecular complexity index is 173. The first-order valence-corrected chi connectivity index (χ1v) is 5.33. The molecule has 0 aromatic rings. The molecule has 0 saturated heterocycles. The Labute approximate surface area is 81.3 Å². The Morgan fingerprint density at radius 3 is 2.46 bits per heavy atom. The van der Waals surface area contributed by atoms with Crippen LogP contribution < -0.4 is 0 Å². The van der Waals surface area contributed by atoms with Gasteiger partial charge in [0.05, 0.1) is 0 Å². The van der Waals surface area contributed by atoms with Gasteiger partial charge in [-0.2, -0.15) is 0 Å². The van der Waals surface area contributed by atoms with Crippen LogP contribution in [0.5, 0.6) is 0 Å². The van der Waals surface area contributed by atoms with E-state index in [2.05, 4.69) is 18.7 Å². The van der Waals surface area contributed by atoms with E-state index in [0.29, 0.717) is 18.2 Å². The van der Waals surface area contributed by atoms with Crippen molar-refractivity contribution in [3.8, 4) is 0 Å². The van der Waals surface area contributed by atoms with Crippen molar-refractivity contribution in [1.29, 1.82) is 0 Å². The lowest BCUT2D eigenvalue weighted by Gasteiger charge is -2.25. The summed E-state index contributed by atoms with van der Waals surface area (Å²) in [5, 5.41) is 0. The molecule has 13 heavy (non-hydrogen) atoms. The third-order valence-electron chi connectivity index (χ3n) is 2.67. The molecule has 0 aromatic carbocycles. The largest absolute Gasteiger partial charge is 0.300 e. The van der Waals surface area contributed by atoms with Crippen molar-refractivity contribution in [2.45, 2.75) is 46.1 Å². The van der Waals surface area contributed by atoms with E-state index in [4.69, 9.17) is 0 Å². The summed E-state index contributed by atoms with van der Waals surface area (Å²) in [4.78, 5) is 13.3. The predicted octanol–water partition coefficient (Wildman–Crippen LogP) is 2.09. The zero-order valence-corrected chi connectivity index (χ0v) is 9.05. The van der Waals surface area contributed by atoms with Crippen molar-refractivity contribution in [2.24, 2.45) is 5.92 Å². The van der Waals surface area contributed by atoms with Crippen LogP contribution in [0, 0.1) is 5.92 Å². The summed E-state index contributed by atoms with van der Waals surface area (Å²) in [5.74, 6) is 1.23. The molecule has 1 saturated carbocycles. The van der Waals surface area contributed by atoms with E-state index in [9.17, 15) is 4.79 Å². The van der Waals surface area contributed by atoms with Crippen LogP contribution in [0.1, 0.15) is 40.0 Å². The molecule has 0 atom stereocenters. The molecule has 1 fully saturated rings. The van der Waals surface area contributed by atoms with Gasteiger partial charge in [-0.3, -0.25) is 4.79 Å². The molecular formula is C11H21NO. The van der Waals surface area contributed by atoms with Crippen molar-refractivity contribution in [3.63, 3.8) is 0 Å². The Morgan fingerprint density at radius 1 is 1.46 bits per heavy atom. The molecule has 0 bridgehead atoms. The third-order valence-corrected chi connectivity index (χ3v) is 2.67. The summed E-state index contributed by atoms with van der Waals surface area (Å²) in [5.41, 5.74) is 0. The molecule has 2 nitrogen and oxygen atoms in total. The molecular weight excluding hydrogens is 162 g/mol. The zero-order valence-electron chi connectivity index (χ0n) is 9.05.